The highest BCUT2D eigenvalue weighted by Crippen LogP contribution is 2.08. The Kier molecular flexibility index (Phi) is 5.11. The molecule has 5 nitrogen and oxygen atoms in total. The molecule has 0 radical (unpaired) electrons. The molecule has 1 heterocycles. The van der Waals surface area contributed by atoms with Crippen LogP contribution in [0.1, 0.15) is 19.4 Å². The molecular weight excluding hydrogens is 264 g/mol. The van der Waals surface area contributed by atoms with Gasteiger partial charge >= 0.3 is 0 Å². The Hall–Kier alpha value is -2.14. The van der Waals surface area contributed by atoms with Crippen LogP contribution in [0.3, 0.4) is 0 Å². The van der Waals surface area contributed by atoms with Gasteiger partial charge in [0.05, 0.1) is 11.7 Å². The van der Waals surface area contributed by atoms with Crippen molar-refractivity contribution in [2.24, 2.45) is 0 Å². The number of hydrogen-bond acceptors (Lipinski definition) is 3. The van der Waals surface area contributed by atoms with Crippen LogP contribution in [-0.2, 0) is 11.3 Å². The highest BCUT2D eigenvalue weighted by atomic mass is 16.2. The maximum absolute atomic E-state index is 12.0. The summed E-state index contributed by atoms with van der Waals surface area (Å²) in [6, 6.07) is 9.85. The minimum Gasteiger partial charge on any atom is -0.345 e. The van der Waals surface area contributed by atoms with Crippen molar-refractivity contribution in [3.63, 3.8) is 0 Å². The van der Waals surface area contributed by atoms with Crippen molar-refractivity contribution in [1.82, 2.24) is 20.0 Å². The van der Waals surface area contributed by atoms with Crippen LogP contribution in [0.2, 0.25) is 0 Å². The summed E-state index contributed by atoms with van der Waals surface area (Å²) in [4.78, 5) is 13.7. The van der Waals surface area contributed by atoms with Gasteiger partial charge in [0, 0.05) is 32.5 Å². The van der Waals surface area contributed by atoms with Crippen molar-refractivity contribution < 1.29 is 4.79 Å². The van der Waals surface area contributed by atoms with Gasteiger partial charge in [-0.3, -0.25) is 4.79 Å². The van der Waals surface area contributed by atoms with Gasteiger partial charge in [0.25, 0.3) is 0 Å². The van der Waals surface area contributed by atoms with E-state index in [1.54, 1.807) is 11.1 Å². The Morgan fingerprint density at radius 2 is 2.10 bits per heavy atom. The first kappa shape index (κ1) is 15.3. The number of nitrogens with one attached hydrogen (secondary N) is 1. The molecule has 2 rings (SSSR count). The molecule has 112 valence electrons. The molecule has 5 heteroatoms. The first-order valence-corrected chi connectivity index (χ1v) is 7.19. The van der Waals surface area contributed by atoms with Gasteiger partial charge in [0.1, 0.15) is 0 Å². The highest BCUT2D eigenvalue weighted by Gasteiger charge is 2.15. The van der Waals surface area contributed by atoms with Gasteiger partial charge in [-0.25, -0.2) is 4.68 Å². The molecule has 0 saturated carbocycles. The van der Waals surface area contributed by atoms with Crippen molar-refractivity contribution in [3.05, 3.63) is 48.3 Å². The number of nitrogens with zero attached hydrogens (tertiary/aromatic N) is 3. The molecule has 1 N–H and O–H groups in total. The lowest BCUT2D eigenvalue weighted by Crippen LogP contribution is -2.42. The van der Waals surface area contributed by atoms with E-state index in [0.29, 0.717) is 6.54 Å². The Bertz CT molecular complexity index is 562. The van der Waals surface area contributed by atoms with E-state index in [-0.39, 0.29) is 11.9 Å². The third kappa shape index (κ3) is 3.92. The average molecular weight is 286 g/mol. The predicted octanol–water partition coefficient (Wildman–Crippen LogP) is 1.83. The molecule has 0 aliphatic carbocycles. The van der Waals surface area contributed by atoms with E-state index in [4.69, 9.17) is 0 Å². The largest absolute Gasteiger partial charge is 0.345 e. The fourth-order valence-electron chi connectivity index (χ4n) is 2.03. The second-order valence-corrected chi connectivity index (χ2v) is 5.07. The molecule has 1 aromatic carbocycles. The fraction of sp³-hybridized carbons (Fsp3) is 0.375. The summed E-state index contributed by atoms with van der Waals surface area (Å²) in [7, 11) is 1.82. The van der Waals surface area contributed by atoms with Gasteiger partial charge in [-0.05, 0) is 37.6 Å². The van der Waals surface area contributed by atoms with E-state index in [0.717, 1.165) is 17.8 Å². The van der Waals surface area contributed by atoms with Crippen molar-refractivity contribution >= 4 is 5.91 Å². The SMILES string of the molecule is CCN(C)C(=O)C(C)NCc1ccc(-n2cccn2)cc1. The first-order valence-electron chi connectivity index (χ1n) is 7.19. The lowest BCUT2D eigenvalue weighted by Gasteiger charge is -2.20. The number of carbonyl (C=O) groups excluding carboxylic acids is 1. The number of likely N-dealkylation sites (N-methyl/N-ethyl adjacent to an activating group) is 1. The Morgan fingerprint density at radius 1 is 1.38 bits per heavy atom. The number of carbonyl (C=O) groups is 1. The maximum atomic E-state index is 12.0. The summed E-state index contributed by atoms with van der Waals surface area (Å²) in [5, 5.41) is 7.45. The normalized spacial score (nSPS) is 12.1. The van der Waals surface area contributed by atoms with Gasteiger partial charge in [0.15, 0.2) is 0 Å². The lowest BCUT2D eigenvalue weighted by molar-refractivity contribution is -0.131. The molecule has 2 aromatic rings. The van der Waals surface area contributed by atoms with E-state index < -0.39 is 0 Å². The van der Waals surface area contributed by atoms with Gasteiger partial charge < -0.3 is 10.2 Å². The summed E-state index contributed by atoms with van der Waals surface area (Å²) in [5.41, 5.74) is 2.17. The topological polar surface area (TPSA) is 50.2 Å². The highest BCUT2D eigenvalue weighted by molar-refractivity contribution is 5.81. The number of aromatic nitrogens is 2. The van der Waals surface area contributed by atoms with Gasteiger partial charge in [-0.2, -0.15) is 5.10 Å². The van der Waals surface area contributed by atoms with Crippen LogP contribution in [0.5, 0.6) is 0 Å². The van der Waals surface area contributed by atoms with Crippen LogP contribution in [0.15, 0.2) is 42.7 Å². The molecule has 0 fully saturated rings. The quantitative estimate of drug-likeness (QED) is 0.881. The van der Waals surface area contributed by atoms with E-state index >= 15 is 0 Å². The van der Waals surface area contributed by atoms with Gasteiger partial charge in [0.2, 0.25) is 5.91 Å². The van der Waals surface area contributed by atoms with Gasteiger partial charge in [-0.1, -0.05) is 12.1 Å². The number of amides is 1. The Labute approximate surface area is 125 Å². The molecular formula is C16H22N4O. The predicted molar refractivity (Wildman–Crippen MR) is 83.2 cm³/mol. The monoisotopic (exact) mass is 286 g/mol. The minimum atomic E-state index is -0.180. The summed E-state index contributed by atoms with van der Waals surface area (Å²) in [6.07, 6.45) is 3.67. The van der Waals surface area contributed by atoms with Crippen molar-refractivity contribution in [2.75, 3.05) is 13.6 Å². The van der Waals surface area contributed by atoms with Crippen molar-refractivity contribution in [3.8, 4) is 5.69 Å². The zero-order chi connectivity index (χ0) is 15.2. The van der Waals surface area contributed by atoms with E-state index in [1.807, 2.05) is 62.1 Å². The van der Waals surface area contributed by atoms with E-state index in [1.165, 1.54) is 0 Å². The summed E-state index contributed by atoms with van der Waals surface area (Å²) in [5.74, 6) is 0.116. The molecule has 21 heavy (non-hydrogen) atoms. The Balaban J connectivity index is 1.91. The van der Waals surface area contributed by atoms with Crippen LogP contribution in [-0.4, -0.2) is 40.2 Å². The molecule has 1 unspecified atom stereocenters. The average Bonchev–Trinajstić information content (AvgIpc) is 3.06. The van der Waals surface area contributed by atoms with Crippen LogP contribution in [0.25, 0.3) is 5.69 Å². The van der Waals surface area contributed by atoms with Crippen LogP contribution < -0.4 is 5.32 Å². The zero-order valence-electron chi connectivity index (χ0n) is 12.8. The van der Waals surface area contributed by atoms with Crippen molar-refractivity contribution in [2.45, 2.75) is 26.4 Å². The summed E-state index contributed by atoms with van der Waals surface area (Å²) >= 11 is 0. The third-order valence-corrected chi connectivity index (χ3v) is 3.54. The molecule has 0 bridgehead atoms. The third-order valence-electron chi connectivity index (χ3n) is 3.54. The van der Waals surface area contributed by atoms with Crippen molar-refractivity contribution in [1.29, 1.82) is 0 Å². The number of rotatable bonds is 6. The zero-order valence-corrected chi connectivity index (χ0v) is 12.8. The second kappa shape index (κ2) is 7.04. The molecule has 1 atom stereocenters. The maximum Gasteiger partial charge on any atom is 0.239 e. The molecule has 0 spiro atoms. The van der Waals surface area contributed by atoms with Crippen LogP contribution >= 0.6 is 0 Å². The minimum absolute atomic E-state index is 0.116. The number of benzene rings is 1. The summed E-state index contributed by atoms with van der Waals surface area (Å²) in [6.45, 7) is 5.26. The van der Waals surface area contributed by atoms with E-state index in [9.17, 15) is 4.79 Å². The van der Waals surface area contributed by atoms with Crippen LogP contribution in [0, 0.1) is 0 Å². The first-order chi connectivity index (χ1) is 10.1. The van der Waals surface area contributed by atoms with E-state index in [2.05, 4.69) is 10.4 Å². The number of hydrogen-bond donors (Lipinski definition) is 1. The second-order valence-electron chi connectivity index (χ2n) is 5.07. The summed E-state index contributed by atoms with van der Waals surface area (Å²) < 4.78 is 1.82. The van der Waals surface area contributed by atoms with Gasteiger partial charge in [-0.15, -0.1) is 0 Å². The molecule has 0 saturated heterocycles. The fourth-order valence-corrected chi connectivity index (χ4v) is 2.03. The molecule has 0 aliphatic heterocycles. The molecule has 1 amide bonds. The Morgan fingerprint density at radius 3 is 2.67 bits per heavy atom. The lowest BCUT2D eigenvalue weighted by atomic mass is 10.2. The molecule has 0 aliphatic rings. The smallest absolute Gasteiger partial charge is 0.239 e. The molecule has 1 aromatic heterocycles. The van der Waals surface area contributed by atoms with Crippen LogP contribution in [0.4, 0.5) is 0 Å². The standard InChI is InChI=1S/C16H22N4O/c1-4-19(3)16(21)13(2)17-12-14-6-8-15(9-7-14)20-11-5-10-18-20/h5-11,13,17H,4,12H2,1-3H3.